The fourth-order valence-corrected chi connectivity index (χ4v) is 3.34. The zero-order valence-corrected chi connectivity index (χ0v) is 12.3. The second-order valence-electron chi connectivity index (χ2n) is 6.53. The summed E-state index contributed by atoms with van der Waals surface area (Å²) in [5.74, 6) is 0.794. The van der Waals surface area contributed by atoms with Gasteiger partial charge in [0.15, 0.2) is 0 Å². The van der Waals surface area contributed by atoms with Crippen LogP contribution in [-0.2, 0) is 0 Å². The molecule has 0 fully saturated rings. The van der Waals surface area contributed by atoms with Gasteiger partial charge >= 0.3 is 0 Å². The first-order valence-corrected chi connectivity index (χ1v) is 7.19. The fraction of sp³-hybridized carbons (Fsp3) is 0.933. The third-order valence-electron chi connectivity index (χ3n) is 4.52. The topological polar surface area (TPSA) is 24.4 Å². The Kier molecular flexibility index (Phi) is 5.03. The van der Waals surface area contributed by atoms with Crippen LogP contribution in [0.1, 0.15) is 60.3 Å². The summed E-state index contributed by atoms with van der Waals surface area (Å²) in [5.41, 5.74) is 0.639. The van der Waals surface area contributed by atoms with Crippen LogP contribution in [0.2, 0.25) is 0 Å². The van der Waals surface area contributed by atoms with Crippen molar-refractivity contribution in [3.8, 4) is 0 Å². The van der Waals surface area contributed by atoms with Gasteiger partial charge in [-0.3, -0.25) is 4.99 Å². The first kappa shape index (κ1) is 14.5. The average molecular weight is 238 g/mol. The van der Waals surface area contributed by atoms with Crippen molar-refractivity contribution in [2.75, 3.05) is 13.1 Å². The Bertz CT molecular complexity index is 246. The lowest BCUT2D eigenvalue weighted by atomic mass is 9.57. The fourth-order valence-electron chi connectivity index (χ4n) is 3.34. The standard InChI is InChI=1S/C15H30N2/c1-6-8-13(9-7-2)15(14(3,4)5)10-16-12-17-11-15/h12-13H,6-11H2,1-5H3,(H,16,17). The van der Waals surface area contributed by atoms with E-state index in [2.05, 4.69) is 44.9 Å². The molecule has 1 atom stereocenters. The van der Waals surface area contributed by atoms with Gasteiger partial charge in [-0.25, -0.2) is 0 Å². The van der Waals surface area contributed by atoms with E-state index in [4.69, 9.17) is 0 Å². The lowest BCUT2D eigenvalue weighted by Crippen LogP contribution is -2.53. The van der Waals surface area contributed by atoms with Crippen LogP contribution < -0.4 is 5.32 Å². The van der Waals surface area contributed by atoms with E-state index in [1.54, 1.807) is 0 Å². The first-order valence-electron chi connectivity index (χ1n) is 7.19. The number of nitrogens with one attached hydrogen (secondary N) is 1. The molecule has 0 spiro atoms. The summed E-state index contributed by atoms with van der Waals surface area (Å²) in [6.07, 6.45) is 7.13. The quantitative estimate of drug-likeness (QED) is 0.772. The molecule has 1 N–H and O–H groups in total. The molecule has 0 amide bonds. The van der Waals surface area contributed by atoms with Gasteiger partial charge in [-0.1, -0.05) is 60.3 Å². The van der Waals surface area contributed by atoms with E-state index >= 15 is 0 Å². The van der Waals surface area contributed by atoms with Crippen molar-refractivity contribution in [3.63, 3.8) is 0 Å². The van der Waals surface area contributed by atoms with Gasteiger partial charge < -0.3 is 5.32 Å². The van der Waals surface area contributed by atoms with Gasteiger partial charge in [-0.2, -0.15) is 0 Å². The van der Waals surface area contributed by atoms with E-state index in [1.165, 1.54) is 25.7 Å². The van der Waals surface area contributed by atoms with Gasteiger partial charge in [-0.15, -0.1) is 0 Å². The summed E-state index contributed by atoms with van der Waals surface area (Å²) < 4.78 is 0. The monoisotopic (exact) mass is 238 g/mol. The molecule has 17 heavy (non-hydrogen) atoms. The van der Waals surface area contributed by atoms with Crippen LogP contribution in [0, 0.1) is 16.7 Å². The highest BCUT2D eigenvalue weighted by molar-refractivity contribution is 5.55. The Balaban J connectivity index is 2.98. The van der Waals surface area contributed by atoms with Gasteiger partial charge in [0, 0.05) is 18.5 Å². The molecular weight excluding hydrogens is 208 g/mol. The molecule has 0 saturated heterocycles. The molecule has 1 aliphatic heterocycles. The average Bonchev–Trinajstić information content (AvgIpc) is 2.28. The third kappa shape index (κ3) is 3.02. The lowest BCUT2D eigenvalue weighted by molar-refractivity contribution is 0.0147. The zero-order valence-electron chi connectivity index (χ0n) is 12.3. The minimum Gasteiger partial charge on any atom is -0.376 e. The number of hydrogen-bond donors (Lipinski definition) is 1. The van der Waals surface area contributed by atoms with Crippen molar-refractivity contribution in [3.05, 3.63) is 0 Å². The Morgan fingerprint density at radius 1 is 1.24 bits per heavy atom. The van der Waals surface area contributed by atoms with Crippen molar-refractivity contribution in [2.24, 2.45) is 21.7 Å². The summed E-state index contributed by atoms with van der Waals surface area (Å²) in [7, 11) is 0. The van der Waals surface area contributed by atoms with Gasteiger partial charge in [0.25, 0.3) is 0 Å². The van der Waals surface area contributed by atoms with Gasteiger partial charge in [0.05, 0.1) is 6.34 Å². The summed E-state index contributed by atoms with van der Waals surface area (Å²) in [5, 5.41) is 3.39. The highest BCUT2D eigenvalue weighted by Crippen LogP contribution is 2.48. The van der Waals surface area contributed by atoms with E-state index in [1.807, 2.05) is 6.34 Å². The molecule has 0 radical (unpaired) electrons. The van der Waals surface area contributed by atoms with Crippen LogP contribution in [0.3, 0.4) is 0 Å². The van der Waals surface area contributed by atoms with Gasteiger partial charge in [0.2, 0.25) is 0 Å². The van der Waals surface area contributed by atoms with Gasteiger partial charge in [0.1, 0.15) is 0 Å². The van der Waals surface area contributed by atoms with Crippen molar-refractivity contribution in [2.45, 2.75) is 60.3 Å². The van der Waals surface area contributed by atoms with Crippen molar-refractivity contribution >= 4 is 6.34 Å². The van der Waals surface area contributed by atoms with E-state index < -0.39 is 0 Å². The molecule has 0 aromatic heterocycles. The molecule has 1 unspecified atom stereocenters. The number of rotatable bonds is 5. The predicted octanol–water partition coefficient (Wildman–Crippen LogP) is 3.87. The maximum absolute atomic E-state index is 4.55. The molecule has 0 saturated carbocycles. The highest BCUT2D eigenvalue weighted by atomic mass is 15.0. The molecule has 1 aliphatic rings. The summed E-state index contributed by atoms with van der Waals surface area (Å²) in [6.45, 7) is 13.8. The third-order valence-corrected chi connectivity index (χ3v) is 4.52. The molecule has 0 bridgehead atoms. The Hall–Kier alpha value is -0.530. The molecule has 2 nitrogen and oxygen atoms in total. The number of aliphatic imine (C=N–C) groups is 1. The molecule has 0 aliphatic carbocycles. The van der Waals surface area contributed by atoms with Crippen LogP contribution >= 0.6 is 0 Å². The summed E-state index contributed by atoms with van der Waals surface area (Å²) >= 11 is 0. The largest absolute Gasteiger partial charge is 0.376 e. The van der Waals surface area contributed by atoms with Gasteiger partial charge in [-0.05, 0) is 11.3 Å². The highest BCUT2D eigenvalue weighted by Gasteiger charge is 2.47. The number of nitrogens with zero attached hydrogens (tertiary/aromatic N) is 1. The maximum Gasteiger partial charge on any atom is 0.0824 e. The molecule has 0 aromatic rings. The van der Waals surface area contributed by atoms with Crippen molar-refractivity contribution < 1.29 is 0 Å². The molecule has 100 valence electrons. The minimum absolute atomic E-state index is 0.312. The molecule has 0 aromatic carbocycles. The Morgan fingerprint density at radius 3 is 2.18 bits per heavy atom. The van der Waals surface area contributed by atoms with E-state index in [-0.39, 0.29) is 0 Å². The molecule has 1 rings (SSSR count). The van der Waals surface area contributed by atoms with Crippen molar-refractivity contribution in [1.82, 2.24) is 5.32 Å². The van der Waals surface area contributed by atoms with E-state index in [0.29, 0.717) is 10.8 Å². The van der Waals surface area contributed by atoms with E-state index in [9.17, 15) is 0 Å². The smallest absolute Gasteiger partial charge is 0.0824 e. The SMILES string of the molecule is CCCC(CCC)C1(C(C)(C)C)CN=CNC1. The summed E-state index contributed by atoms with van der Waals surface area (Å²) in [6, 6.07) is 0. The number of hydrogen-bond acceptors (Lipinski definition) is 2. The second kappa shape index (κ2) is 5.88. The Morgan fingerprint density at radius 2 is 1.82 bits per heavy atom. The lowest BCUT2D eigenvalue weighted by Gasteiger charge is -2.51. The van der Waals surface area contributed by atoms with E-state index in [0.717, 1.165) is 19.0 Å². The zero-order chi connectivity index (χ0) is 12.9. The van der Waals surface area contributed by atoms with Crippen molar-refractivity contribution in [1.29, 1.82) is 0 Å². The second-order valence-corrected chi connectivity index (χ2v) is 6.53. The normalized spacial score (nSPS) is 25.1. The predicted molar refractivity (Wildman–Crippen MR) is 76.6 cm³/mol. The first-order chi connectivity index (χ1) is 7.98. The van der Waals surface area contributed by atoms with Crippen LogP contribution in [0.4, 0.5) is 0 Å². The molecule has 1 heterocycles. The minimum atomic E-state index is 0.312. The van der Waals surface area contributed by atoms with Crippen LogP contribution in [-0.4, -0.2) is 19.4 Å². The van der Waals surface area contributed by atoms with Crippen LogP contribution in [0.5, 0.6) is 0 Å². The summed E-state index contributed by atoms with van der Waals surface area (Å²) in [4.78, 5) is 4.55. The maximum atomic E-state index is 4.55. The molecular formula is C15H30N2. The Labute approximate surface area is 107 Å². The van der Waals surface area contributed by atoms with Crippen LogP contribution in [0.15, 0.2) is 4.99 Å². The molecule has 2 heteroatoms. The van der Waals surface area contributed by atoms with Crippen LogP contribution in [0.25, 0.3) is 0 Å².